The van der Waals surface area contributed by atoms with Crippen molar-refractivity contribution in [3.8, 4) is 11.5 Å². The van der Waals surface area contributed by atoms with Gasteiger partial charge >= 0.3 is 12.1 Å². The molecule has 0 unspecified atom stereocenters. The van der Waals surface area contributed by atoms with E-state index in [4.69, 9.17) is 18.9 Å². The van der Waals surface area contributed by atoms with E-state index in [1.807, 2.05) is 0 Å². The molecule has 3 rings (SSSR count). The van der Waals surface area contributed by atoms with Crippen molar-refractivity contribution in [2.24, 2.45) is 0 Å². The van der Waals surface area contributed by atoms with Crippen LogP contribution in [0.1, 0.15) is 28.5 Å². The van der Waals surface area contributed by atoms with Gasteiger partial charge in [0.2, 0.25) is 0 Å². The second-order valence-corrected chi connectivity index (χ2v) is 6.32. The van der Waals surface area contributed by atoms with Crippen LogP contribution in [-0.4, -0.2) is 20.2 Å². The Labute approximate surface area is 170 Å². The third kappa shape index (κ3) is 4.97. The summed E-state index contributed by atoms with van der Waals surface area (Å²) in [6, 6.07) is 8.51. The lowest BCUT2D eigenvalue weighted by atomic mass is 10.0. The number of carbonyl (C=O) groups excluding carboxylic acids is 1. The van der Waals surface area contributed by atoms with E-state index in [0.29, 0.717) is 11.3 Å². The lowest BCUT2D eigenvalue weighted by Gasteiger charge is -2.17. The predicted octanol–water partition coefficient (Wildman–Crippen LogP) is 4.53. The van der Waals surface area contributed by atoms with Crippen molar-refractivity contribution in [3.05, 3.63) is 71.2 Å². The van der Waals surface area contributed by atoms with Gasteiger partial charge in [0.25, 0.3) is 6.29 Å². The van der Waals surface area contributed by atoms with Crippen LogP contribution in [0, 0.1) is 0 Å². The Bertz CT molecular complexity index is 931. The van der Waals surface area contributed by atoms with Crippen molar-refractivity contribution in [3.63, 3.8) is 0 Å². The molecule has 1 aliphatic heterocycles. The number of methoxy groups -OCH3 is 2. The summed E-state index contributed by atoms with van der Waals surface area (Å²) >= 11 is 0. The Morgan fingerprint density at radius 3 is 2.40 bits per heavy atom. The van der Waals surface area contributed by atoms with Crippen LogP contribution < -0.4 is 9.47 Å². The maximum atomic E-state index is 13.5. The fourth-order valence-corrected chi connectivity index (χ4v) is 2.86. The van der Waals surface area contributed by atoms with E-state index in [9.17, 15) is 18.0 Å². The molecule has 0 radical (unpaired) electrons. The minimum atomic E-state index is -4.61. The number of alkyl halides is 3. The first kappa shape index (κ1) is 21.4. The minimum absolute atomic E-state index is 0.0751. The van der Waals surface area contributed by atoms with Gasteiger partial charge < -0.3 is 23.7 Å². The molecule has 0 aromatic heterocycles. The summed E-state index contributed by atoms with van der Waals surface area (Å²) < 4.78 is 66.4. The van der Waals surface area contributed by atoms with Crippen LogP contribution in [0.5, 0.6) is 11.5 Å². The van der Waals surface area contributed by atoms with Crippen molar-refractivity contribution >= 4 is 5.97 Å². The molecule has 160 valence electrons. The van der Waals surface area contributed by atoms with Crippen molar-refractivity contribution in [1.82, 2.24) is 0 Å². The normalized spacial score (nSPS) is 13.5. The molecule has 0 saturated carbocycles. The molecular weight excluding hydrogens is 405 g/mol. The van der Waals surface area contributed by atoms with Crippen LogP contribution in [0.4, 0.5) is 13.2 Å². The molecule has 0 bridgehead atoms. The molecule has 0 saturated heterocycles. The Hall–Kier alpha value is -3.36. The molecule has 30 heavy (non-hydrogen) atoms. The first-order valence-electron chi connectivity index (χ1n) is 8.84. The number of ether oxygens (including phenoxy) is 5. The molecule has 0 fully saturated rings. The van der Waals surface area contributed by atoms with Gasteiger partial charge in [-0.05, 0) is 29.8 Å². The van der Waals surface area contributed by atoms with Gasteiger partial charge in [0, 0.05) is 11.1 Å². The van der Waals surface area contributed by atoms with Gasteiger partial charge in [-0.25, -0.2) is 0 Å². The smallest absolute Gasteiger partial charge is 0.416 e. The van der Waals surface area contributed by atoms with E-state index in [1.54, 1.807) is 18.2 Å². The third-order valence-corrected chi connectivity index (χ3v) is 4.36. The average Bonchev–Trinajstić information content (AvgIpc) is 3.26. The van der Waals surface area contributed by atoms with Gasteiger partial charge in [-0.1, -0.05) is 12.1 Å². The van der Waals surface area contributed by atoms with Crippen LogP contribution >= 0.6 is 0 Å². The largest absolute Gasteiger partial charge is 0.493 e. The molecule has 9 heteroatoms. The molecule has 6 nitrogen and oxygen atoms in total. The Morgan fingerprint density at radius 2 is 1.77 bits per heavy atom. The zero-order valence-electron chi connectivity index (χ0n) is 16.2. The van der Waals surface area contributed by atoms with Gasteiger partial charge in [-0.2, -0.15) is 13.2 Å². The molecule has 0 spiro atoms. The lowest BCUT2D eigenvalue weighted by molar-refractivity contribution is -0.141. The van der Waals surface area contributed by atoms with E-state index in [1.165, 1.54) is 38.9 Å². The van der Waals surface area contributed by atoms with E-state index < -0.39 is 24.0 Å². The standard InChI is InChI=1S/C21H19F3O6/c1-26-18-11-14(20-28-7-8-29-20)5-6-17(18)30-12-15-4-3-13(10-19(25)27-2)9-16(15)21(22,23)24/h3-9,11,20H,10,12H2,1-2H3. The SMILES string of the molecule is COC(=O)Cc1ccc(COc2ccc(C3OC=CO3)cc2OC)c(C(F)(F)F)c1. The zero-order valence-corrected chi connectivity index (χ0v) is 16.2. The quantitative estimate of drug-likeness (QED) is 0.609. The van der Waals surface area contributed by atoms with Gasteiger partial charge in [0.05, 0.1) is 26.2 Å². The molecule has 2 aromatic carbocycles. The highest BCUT2D eigenvalue weighted by molar-refractivity contribution is 5.72. The highest BCUT2D eigenvalue weighted by atomic mass is 19.4. The second kappa shape index (κ2) is 8.98. The van der Waals surface area contributed by atoms with Crippen LogP contribution in [0.25, 0.3) is 0 Å². The van der Waals surface area contributed by atoms with E-state index in [-0.39, 0.29) is 29.9 Å². The maximum absolute atomic E-state index is 13.5. The third-order valence-electron chi connectivity index (χ3n) is 4.36. The van der Waals surface area contributed by atoms with Crippen LogP contribution in [0.3, 0.4) is 0 Å². The predicted molar refractivity (Wildman–Crippen MR) is 98.5 cm³/mol. The molecule has 1 aliphatic rings. The summed E-state index contributed by atoms with van der Waals surface area (Å²) in [7, 11) is 2.60. The minimum Gasteiger partial charge on any atom is -0.493 e. The van der Waals surface area contributed by atoms with Crippen LogP contribution in [0.15, 0.2) is 48.9 Å². The molecular formula is C21H19F3O6. The number of benzene rings is 2. The van der Waals surface area contributed by atoms with Gasteiger partial charge in [-0.3, -0.25) is 4.79 Å². The van der Waals surface area contributed by atoms with Crippen LogP contribution in [0.2, 0.25) is 0 Å². The molecule has 0 atom stereocenters. The van der Waals surface area contributed by atoms with Gasteiger partial charge in [0.1, 0.15) is 19.1 Å². The monoisotopic (exact) mass is 424 g/mol. The fraction of sp³-hybridized carbons (Fsp3) is 0.286. The highest BCUT2D eigenvalue weighted by Crippen LogP contribution is 2.36. The Balaban J connectivity index is 1.79. The number of esters is 1. The Morgan fingerprint density at radius 1 is 1.03 bits per heavy atom. The summed E-state index contributed by atoms with van der Waals surface area (Å²) in [4.78, 5) is 11.4. The summed E-state index contributed by atoms with van der Waals surface area (Å²) in [5.41, 5.74) is -0.0930. The second-order valence-electron chi connectivity index (χ2n) is 6.32. The van der Waals surface area contributed by atoms with Crippen LogP contribution in [-0.2, 0) is 38.2 Å². The maximum Gasteiger partial charge on any atom is 0.416 e. The van der Waals surface area contributed by atoms with Gasteiger partial charge in [-0.15, -0.1) is 0 Å². The number of carbonyl (C=O) groups is 1. The van der Waals surface area contributed by atoms with Gasteiger partial charge in [0.15, 0.2) is 11.5 Å². The highest BCUT2D eigenvalue weighted by Gasteiger charge is 2.34. The van der Waals surface area contributed by atoms with E-state index in [0.717, 1.165) is 6.07 Å². The van der Waals surface area contributed by atoms with Crippen molar-refractivity contribution in [2.75, 3.05) is 14.2 Å². The van der Waals surface area contributed by atoms with Crippen molar-refractivity contribution < 1.29 is 41.7 Å². The summed E-state index contributed by atoms with van der Waals surface area (Å²) in [5, 5.41) is 0. The van der Waals surface area contributed by atoms with E-state index >= 15 is 0 Å². The van der Waals surface area contributed by atoms with E-state index in [2.05, 4.69) is 4.74 Å². The first-order valence-corrected chi connectivity index (χ1v) is 8.84. The zero-order chi connectivity index (χ0) is 21.7. The lowest BCUT2D eigenvalue weighted by Crippen LogP contribution is -2.13. The van der Waals surface area contributed by atoms with Crippen molar-refractivity contribution in [2.45, 2.75) is 25.5 Å². The molecule has 0 aliphatic carbocycles. The number of halogens is 3. The number of hydrogen-bond acceptors (Lipinski definition) is 6. The summed E-state index contributed by atoms with van der Waals surface area (Å²) in [6.45, 7) is -0.346. The average molecular weight is 424 g/mol. The summed E-state index contributed by atoms with van der Waals surface area (Å²) in [5.74, 6) is -0.0381. The number of hydrogen-bond donors (Lipinski definition) is 0. The van der Waals surface area contributed by atoms with Crippen molar-refractivity contribution in [1.29, 1.82) is 0 Å². The molecule has 0 amide bonds. The molecule has 0 N–H and O–H groups in total. The number of rotatable bonds is 7. The first-order chi connectivity index (χ1) is 14.3. The summed E-state index contributed by atoms with van der Waals surface area (Å²) in [6.07, 6.45) is -2.67. The molecule has 2 aromatic rings. The topological polar surface area (TPSA) is 63.2 Å². The Kier molecular flexibility index (Phi) is 6.39. The molecule has 1 heterocycles. The fourth-order valence-electron chi connectivity index (χ4n) is 2.86.